The highest BCUT2D eigenvalue weighted by Gasteiger charge is 2.42. The molecule has 3 nitrogen and oxygen atoms in total. The van der Waals surface area contributed by atoms with Gasteiger partial charge in [0.1, 0.15) is 5.82 Å². The third-order valence-electron chi connectivity index (χ3n) is 3.14. The molecule has 18 heavy (non-hydrogen) atoms. The summed E-state index contributed by atoms with van der Waals surface area (Å²) in [7, 11) is 0. The fourth-order valence-corrected chi connectivity index (χ4v) is 2.89. The first-order valence-corrected chi connectivity index (χ1v) is 7.57. The molecule has 98 valence electrons. The molecule has 0 heterocycles. The molecule has 0 radical (unpaired) electrons. The Morgan fingerprint density at radius 3 is 2.83 bits per heavy atom. The van der Waals surface area contributed by atoms with Gasteiger partial charge in [-0.15, -0.1) is 0 Å². The van der Waals surface area contributed by atoms with Crippen LogP contribution in [0, 0.1) is 5.82 Å². The van der Waals surface area contributed by atoms with Gasteiger partial charge < -0.3 is 11.1 Å². The molecule has 0 aliphatic heterocycles. The van der Waals surface area contributed by atoms with Crippen LogP contribution in [0.15, 0.2) is 16.6 Å². The van der Waals surface area contributed by atoms with Gasteiger partial charge in [0.2, 0.25) is 0 Å². The number of benzene rings is 1. The van der Waals surface area contributed by atoms with Gasteiger partial charge in [0, 0.05) is 15.8 Å². The third-order valence-corrected chi connectivity index (χ3v) is 5.22. The molecule has 0 aromatic heterocycles. The van der Waals surface area contributed by atoms with Crippen LogP contribution < -0.4 is 11.1 Å². The highest BCUT2D eigenvalue weighted by Crippen LogP contribution is 2.46. The Morgan fingerprint density at radius 2 is 2.28 bits per heavy atom. The predicted octanol–water partition coefficient (Wildman–Crippen LogP) is 2.80. The van der Waals surface area contributed by atoms with Crippen LogP contribution in [0.1, 0.15) is 23.2 Å². The number of nitrogen functional groups attached to an aromatic ring is 1. The van der Waals surface area contributed by atoms with E-state index in [2.05, 4.69) is 21.2 Å². The molecule has 1 fully saturated rings. The number of thioether (sulfide) groups is 1. The molecule has 0 unspecified atom stereocenters. The van der Waals surface area contributed by atoms with Gasteiger partial charge in [-0.05, 0) is 47.2 Å². The largest absolute Gasteiger partial charge is 0.396 e. The molecule has 0 bridgehead atoms. The van der Waals surface area contributed by atoms with Gasteiger partial charge in [-0.2, -0.15) is 11.8 Å². The number of carbonyl (C=O) groups is 1. The number of nitrogens with one attached hydrogen (secondary N) is 1. The molecule has 1 aliphatic carbocycles. The molecule has 1 aromatic carbocycles. The van der Waals surface area contributed by atoms with Crippen LogP contribution in [0.2, 0.25) is 0 Å². The van der Waals surface area contributed by atoms with E-state index in [1.165, 1.54) is 12.1 Å². The normalized spacial score (nSPS) is 16.4. The Morgan fingerprint density at radius 1 is 1.61 bits per heavy atom. The first kappa shape index (κ1) is 13.7. The lowest BCUT2D eigenvalue weighted by atomic mass is 10.2. The molecule has 1 saturated carbocycles. The summed E-state index contributed by atoms with van der Waals surface area (Å²) in [6.45, 7) is 0.636. The third kappa shape index (κ3) is 2.80. The minimum atomic E-state index is -0.527. The maximum Gasteiger partial charge on any atom is 0.252 e. The fourth-order valence-electron chi connectivity index (χ4n) is 1.67. The summed E-state index contributed by atoms with van der Waals surface area (Å²) < 4.78 is 13.8. The van der Waals surface area contributed by atoms with Gasteiger partial charge in [0.15, 0.2) is 0 Å². The summed E-state index contributed by atoms with van der Waals surface area (Å²) in [5.74, 6) is -0.755. The number of halogens is 2. The average molecular weight is 333 g/mol. The van der Waals surface area contributed by atoms with Crippen molar-refractivity contribution < 1.29 is 9.18 Å². The predicted molar refractivity (Wildman–Crippen MR) is 76.3 cm³/mol. The van der Waals surface area contributed by atoms with Crippen molar-refractivity contribution in [2.75, 3.05) is 18.5 Å². The van der Waals surface area contributed by atoms with Gasteiger partial charge in [0.25, 0.3) is 5.91 Å². The van der Waals surface area contributed by atoms with E-state index in [9.17, 15) is 9.18 Å². The van der Waals surface area contributed by atoms with Crippen LogP contribution in [-0.4, -0.2) is 23.5 Å². The number of rotatable bonds is 4. The molecule has 0 saturated heterocycles. The smallest absolute Gasteiger partial charge is 0.252 e. The lowest BCUT2D eigenvalue weighted by molar-refractivity contribution is 0.0952. The van der Waals surface area contributed by atoms with Crippen LogP contribution in [0.5, 0.6) is 0 Å². The molecule has 1 amide bonds. The van der Waals surface area contributed by atoms with Gasteiger partial charge in [-0.3, -0.25) is 4.79 Å². The minimum absolute atomic E-state index is 0.0191. The molecule has 2 rings (SSSR count). The Bertz CT molecular complexity index is 491. The van der Waals surface area contributed by atoms with Crippen molar-refractivity contribution in [3.05, 3.63) is 28.0 Å². The van der Waals surface area contributed by atoms with Crippen molar-refractivity contribution in [2.45, 2.75) is 17.6 Å². The maximum absolute atomic E-state index is 13.2. The molecule has 3 N–H and O–H groups in total. The first-order chi connectivity index (χ1) is 8.47. The number of anilines is 1. The zero-order valence-corrected chi connectivity index (χ0v) is 12.3. The van der Waals surface area contributed by atoms with E-state index < -0.39 is 5.82 Å². The topological polar surface area (TPSA) is 55.1 Å². The van der Waals surface area contributed by atoms with E-state index in [4.69, 9.17) is 5.73 Å². The second-order valence-electron chi connectivity index (χ2n) is 4.42. The number of nitrogens with two attached hydrogens (primary N) is 1. The van der Waals surface area contributed by atoms with Gasteiger partial charge >= 0.3 is 0 Å². The Balaban J connectivity index is 2.07. The fraction of sp³-hybridized carbons (Fsp3) is 0.417. The molecule has 0 spiro atoms. The molecule has 0 atom stereocenters. The minimum Gasteiger partial charge on any atom is -0.396 e. The zero-order valence-electron chi connectivity index (χ0n) is 9.93. The number of hydrogen-bond donors (Lipinski definition) is 2. The molecular formula is C12H14BrFN2OS. The Labute approximate surface area is 118 Å². The van der Waals surface area contributed by atoms with Crippen LogP contribution in [0.4, 0.5) is 10.1 Å². The molecular weight excluding hydrogens is 319 g/mol. The monoisotopic (exact) mass is 332 g/mol. The van der Waals surface area contributed by atoms with E-state index in [-0.39, 0.29) is 16.3 Å². The number of carbonyl (C=O) groups excluding carboxylic acids is 1. The van der Waals surface area contributed by atoms with Crippen molar-refractivity contribution in [1.82, 2.24) is 5.32 Å². The van der Waals surface area contributed by atoms with Crippen molar-refractivity contribution in [3.63, 3.8) is 0 Å². The Kier molecular flexibility index (Phi) is 3.87. The van der Waals surface area contributed by atoms with Crippen LogP contribution in [-0.2, 0) is 0 Å². The summed E-state index contributed by atoms with van der Waals surface area (Å²) in [6, 6.07) is 2.57. The van der Waals surface area contributed by atoms with Crippen molar-refractivity contribution in [2.24, 2.45) is 0 Å². The zero-order chi connectivity index (χ0) is 13.3. The van der Waals surface area contributed by atoms with Crippen LogP contribution in [0.3, 0.4) is 0 Å². The van der Waals surface area contributed by atoms with Gasteiger partial charge in [-0.1, -0.05) is 0 Å². The first-order valence-electron chi connectivity index (χ1n) is 5.55. The summed E-state index contributed by atoms with van der Waals surface area (Å²) >= 11 is 4.95. The average Bonchev–Trinajstić information content (AvgIpc) is 3.11. The van der Waals surface area contributed by atoms with E-state index >= 15 is 0 Å². The van der Waals surface area contributed by atoms with Gasteiger partial charge in [0.05, 0.1) is 11.3 Å². The van der Waals surface area contributed by atoms with Crippen molar-refractivity contribution >= 4 is 39.3 Å². The van der Waals surface area contributed by atoms with E-state index in [0.717, 1.165) is 12.8 Å². The van der Waals surface area contributed by atoms with E-state index in [0.29, 0.717) is 16.6 Å². The lowest BCUT2D eigenvalue weighted by Gasteiger charge is -2.14. The molecule has 1 aromatic rings. The standard InChI is InChI=1S/C12H14BrFN2OS/c1-18-12(2-3-12)6-16-11(17)7-4-10(15)9(14)5-8(7)13/h4-5H,2-3,6,15H2,1H3,(H,16,17). The molecule has 6 heteroatoms. The lowest BCUT2D eigenvalue weighted by Crippen LogP contribution is -2.32. The highest BCUT2D eigenvalue weighted by atomic mass is 79.9. The van der Waals surface area contributed by atoms with Crippen molar-refractivity contribution in [1.29, 1.82) is 0 Å². The second-order valence-corrected chi connectivity index (χ2v) is 6.55. The SMILES string of the molecule is CSC1(CNC(=O)c2cc(N)c(F)cc2Br)CC1. The number of hydrogen-bond acceptors (Lipinski definition) is 3. The van der Waals surface area contributed by atoms with E-state index in [1.807, 2.05) is 6.26 Å². The maximum atomic E-state index is 13.2. The van der Waals surface area contributed by atoms with Crippen LogP contribution in [0.25, 0.3) is 0 Å². The van der Waals surface area contributed by atoms with Crippen LogP contribution >= 0.6 is 27.7 Å². The highest BCUT2D eigenvalue weighted by molar-refractivity contribution is 9.10. The number of amides is 1. The summed E-state index contributed by atoms with van der Waals surface area (Å²) in [6.07, 6.45) is 4.30. The Hall–Kier alpha value is -0.750. The molecule has 1 aliphatic rings. The quantitative estimate of drug-likeness (QED) is 0.833. The summed E-state index contributed by atoms with van der Waals surface area (Å²) in [5.41, 5.74) is 5.82. The summed E-state index contributed by atoms with van der Waals surface area (Å²) in [4.78, 5) is 12.0. The van der Waals surface area contributed by atoms with Crippen molar-refractivity contribution in [3.8, 4) is 0 Å². The van der Waals surface area contributed by atoms with E-state index in [1.54, 1.807) is 11.8 Å². The summed E-state index contributed by atoms with van der Waals surface area (Å²) in [5, 5.41) is 2.87. The van der Waals surface area contributed by atoms with Gasteiger partial charge in [-0.25, -0.2) is 4.39 Å². The second kappa shape index (κ2) is 5.09.